The maximum absolute atomic E-state index is 14.1. The van der Waals surface area contributed by atoms with E-state index in [0.717, 1.165) is 28.6 Å². The normalized spacial score (nSPS) is 15.2. The van der Waals surface area contributed by atoms with Crippen molar-refractivity contribution in [3.8, 4) is 5.75 Å². The molecular weight excluding hydrogens is 520 g/mol. The maximum atomic E-state index is 14.1. The summed E-state index contributed by atoms with van der Waals surface area (Å²) in [6.07, 6.45) is 4.01. The molecular formula is C32H28N4O3S. The van der Waals surface area contributed by atoms with Gasteiger partial charge < -0.3 is 14.6 Å². The fraction of sp³-hybridized carbons (Fsp3) is 0.156. The first-order valence-corrected chi connectivity index (χ1v) is 13.9. The SMILES string of the molecule is CCn1cc(/C=c2\sc3n(c2=O)[C@H](c2cccc(OC)c2)C(C(=O)Nc2ccccc2)=C(C)N=3)c2ccccc21. The topological polar surface area (TPSA) is 77.6 Å². The summed E-state index contributed by atoms with van der Waals surface area (Å²) >= 11 is 1.33. The molecule has 0 unspecified atom stereocenters. The van der Waals surface area contributed by atoms with Gasteiger partial charge in [0.15, 0.2) is 4.80 Å². The zero-order valence-corrected chi connectivity index (χ0v) is 23.2. The second-order valence-electron chi connectivity index (χ2n) is 9.57. The van der Waals surface area contributed by atoms with Crippen molar-refractivity contribution in [1.29, 1.82) is 0 Å². The third-order valence-electron chi connectivity index (χ3n) is 7.15. The van der Waals surface area contributed by atoms with Gasteiger partial charge in [0.1, 0.15) is 5.75 Å². The first-order chi connectivity index (χ1) is 19.5. The van der Waals surface area contributed by atoms with Gasteiger partial charge in [-0.1, -0.05) is 59.9 Å². The smallest absolute Gasteiger partial charge is 0.271 e. The molecule has 0 saturated carbocycles. The number of nitrogens with one attached hydrogen (secondary N) is 1. The number of nitrogens with zero attached hydrogens (tertiary/aromatic N) is 3. The molecule has 40 heavy (non-hydrogen) atoms. The highest BCUT2D eigenvalue weighted by Crippen LogP contribution is 2.32. The number of allylic oxidation sites excluding steroid dienone is 1. The van der Waals surface area contributed by atoms with Gasteiger partial charge in [0, 0.05) is 34.9 Å². The van der Waals surface area contributed by atoms with Crippen LogP contribution < -0.4 is 24.9 Å². The highest BCUT2D eigenvalue weighted by molar-refractivity contribution is 7.07. The van der Waals surface area contributed by atoms with E-state index in [1.165, 1.54) is 11.3 Å². The van der Waals surface area contributed by atoms with E-state index < -0.39 is 6.04 Å². The zero-order chi connectivity index (χ0) is 27.8. The van der Waals surface area contributed by atoms with Crippen LogP contribution in [0.4, 0.5) is 5.69 Å². The second-order valence-corrected chi connectivity index (χ2v) is 10.6. The number of benzene rings is 3. The number of aryl methyl sites for hydroxylation is 1. The minimum atomic E-state index is -0.672. The van der Waals surface area contributed by atoms with Crippen LogP contribution in [0, 0.1) is 0 Å². The molecule has 1 atom stereocenters. The molecule has 0 fully saturated rings. The van der Waals surface area contributed by atoms with E-state index in [2.05, 4.69) is 35.1 Å². The number of hydrogen-bond acceptors (Lipinski definition) is 5. The summed E-state index contributed by atoms with van der Waals surface area (Å²) in [6, 6.07) is 24.3. The quantitative estimate of drug-likeness (QED) is 0.329. The van der Waals surface area contributed by atoms with Crippen molar-refractivity contribution in [3.63, 3.8) is 0 Å². The lowest BCUT2D eigenvalue weighted by atomic mass is 9.95. The Hall–Kier alpha value is -4.69. The van der Waals surface area contributed by atoms with Gasteiger partial charge in [0.25, 0.3) is 11.5 Å². The third kappa shape index (κ3) is 4.46. The minimum absolute atomic E-state index is 0.192. The monoisotopic (exact) mass is 548 g/mol. The highest BCUT2D eigenvalue weighted by atomic mass is 32.1. The molecule has 0 bridgehead atoms. The van der Waals surface area contributed by atoms with E-state index >= 15 is 0 Å². The van der Waals surface area contributed by atoms with Gasteiger partial charge in [-0.15, -0.1) is 0 Å². The summed E-state index contributed by atoms with van der Waals surface area (Å²) in [5.41, 5.74) is 4.31. The van der Waals surface area contributed by atoms with Crippen molar-refractivity contribution in [2.24, 2.45) is 4.99 Å². The van der Waals surface area contributed by atoms with Crippen molar-refractivity contribution in [1.82, 2.24) is 9.13 Å². The number of rotatable bonds is 6. The van der Waals surface area contributed by atoms with E-state index in [1.54, 1.807) is 11.7 Å². The van der Waals surface area contributed by atoms with Gasteiger partial charge in [-0.25, -0.2) is 4.99 Å². The van der Waals surface area contributed by atoms with Crippen molar-refractivity contribution in [2.75, 3.05) is 12.4 Å². The van der Waals surface area contributed by atoms with E-state index in [9.17, 15) is 9.59 Å². The Morgan fingerprint density at radius 2 is 1.85 bits per heavy atom. The lowest BCUT2D eigenvalue weighted by Gasteiger charge is -2.25. The number of anilines is 1. The molecule has 3 heterocycles. The first kappa shape index (κ1) is 25.6. The largest absolute Gasteiger partial charge is 0.497 e. The Bertz CT molecular complexity index is 1960. The van der Waals surface area contributed by atoms with Crippen LogP contribution in [0.1, 0.15) is 31.0 Å². The van der Waals surface area contributed by atoms with Crippen LogP contribution in [0.15, 0.2) is 106 Å². The molecule has 6 rings (SSSR count). The average molecular weight is 549 g/mol. The number of carbonyl (C=O) groups excluding carboxylic acids is 1. The molecule has 5 aromatic rings. The van der Waals surface area contributed by atoms with Crippen molar-refractivity contribution < 1.29 is 9.53 Å². The van der Waals surface area contributed by atoms with Gasteiger partial charge in [-0.3, -0.25) is 14.2 Å². The molecule has 0 radical (unpaired) electrons. The Kier molecular flexibility index (Phi) is 6.69. The molecule has 2 aromatic heterocycles. The number of fused-ring (bicyclic) bond motifs is 2. The molecule has 0 saturated heterocycles. The molecule has 0 spiro atoms. The standard InChI is InChI=1S/C32H28N4O3S/c1-4-35-19-22(25-15-8-9-16-26(25)35)18-27-31(38)36-29(21-11-10-14-24(17-21)39-3)28(20(2)33-32(36)40-27)30(37)34-23-12-6-5-7-13-23/h5-19,29H,4H2,1-3H3,(H,34,37)/b27-18-/t29-/m1/s1. The van der Waals surface area contributed by atoms with Gasteiger partial charge in [0.2, 0.25) is 0 Å². The summed E-state index contributed by atoms with van der Waals surface area (Å²) in [5.74, 6) is 0.338. The average Bonchev–Trinajstić information content (AvgIpc) is 3.49. The molecule has 0 aliphatic carbocycles. The summed E-state index contributed by atoms with van der Waals surface area (Å²) in [7, 11) is 1.60. The summed E-state index contributed by atoms with van der Waals surface area (Å²) < 4.78 is 9.86. The lowest BCUT2D eigenvalue weighted by Crippen LogP contribution is -2.40. The number of aromatic nitrogens is 2. The van der Waals surface area contributed by atoms with Crippen LogP contribution in [0.2, 0.25) is 0 Å². The van der Waals surface area contributed by atoms with Crippen LogP contribution >= 0.6 is 11.3 Å². The Morgan fingerprint density at radius 1 is 1.07 bits per heavy atom. The van der Waals surface area contributed by atoms with Gasteiger partial charge >= 0.3 is 0 Å². The lowest BCUT2D eigenvalue weighted by molar-refractivity contribution is -0.113. The number of para-hydroxylation sites is 2. The molecule has 8 heteroatoms. The van der Waals surface area contributed by atoms with Crippen LogP contribution in [-0.4, -0.2) is 22.2 Å². The molecule has 1 aliphatic rings. The summed E-state index contributed by atoms with van der Waals surface area (Å²) in [5, 5.41) is 4.07. The Morgan fingerprint density at radius 3 is 2.62 bits per heavy atom. The van der Waals surface area contributed by atoms with Gasteiger partial charge in [-0.05, 0) is 55.8 Å². The van der Waals surface area contributed by atoms with Crippen LogP contribution in [0.3, 0.4) is 0 Å². The fourth-order valence-electron chi connectivity index (χ4n) is 5.25. The first-order valence-electron chi connectivity index (χ1n) is 13.1. The Labute approximate surface area is 235 Å². The minimum Gasteiger partial charge on any atom is -0.497 e. The third-order valence-corrected chi connectivity index (χ3v) is 8.14. The van der Waals surface area contributed by atoms with E-state index in [4.69, 9.17) is 9.73 Å². The van der Waals surface area contributed by atoms with Crippen molar-refractivity contribution in [3.05, 3.63) is 127 Å². The predicted octanol–water partition coefficient (Wildman–Crippen LogP) is 4.86. The predicted molar refractivity (Wildman–Crippen MR) is 159 cm³/mol. The van der Waals surface area contributed by atoms with E-state index in [0.29, 0.717) is 32.0 Å². The Balaban J connectivity index is 1.54. The number of thiazole rings is 1. The summed E-state index contributed by atoms with van der Waals surface area (Å²) in [6.45, 7) is 4.74. The highest BCUT2D eigenvalue weighted by Gasteiger charge is 2.32. The van der Waals surface area contributed by atoms with Crippen molar-refractivity contribution in [2.45, 2.75) is 26.4 Å². The molecule has 1 aliphatic heterocycles. The van der Waals surface area contributed by atoms with Gasteiger partial charge in [-0.2, -0.15) is 0 Å². The summed E-state index contributed by atoms with van der Waals surface area (Å²) in [4.78, 5) is 33.1. The fourth-order valence-corrected chi connectivity index (χ4v) is 6.29. The molecule has 7 nitrogen and oxygen atoms in total. The number of carbonyl (C=O) groups is 1. The zero-order valence-electron chi connectivity index (χ0n) is 22.4. The van der Waals surface area contributed by atoms with Crippen LogP contribution in [-0.2, 0) is 11.3 Å². The van der Waals surface area contributed by atoms with E-state index in [1.807, 2.05) is 79.7 Å². The molecule has 1 amide bonds. The number of methoxy groups -OCH3 is 1. The van der Waals surface area contributed by atoms with Crippen molar-refractivity contribution >= 4 is 39.9 Å². The second kappa shape index (κ2) is 10.5. The van der Waals surface area contributed by atoms with Crippen LogP contribution in [0.5, 0.6) is 5.75 Å². The number of amides is 1. The van der Waals surface area contributed by atoms with Crippen LogP contribution in [0.25, 0.3) is 17.0 Å². The molecule has 1 N–H and O–H groups in total. The number of hydrogen-bond donors (Lipinski definition) is 1. The van der Waals surface area contributed by atoms with Gasteiger partial charge in [0.05, 0.1) is 29.0 Å². The molecule has 3 aromatic carbocycles. The van der Waals surface area contributed by atoms with E-state index in [-0.39, 0.29) is 11.5 Å². The maximum Gasteiger partial charge on any atom is 0.271 e. The molecule has 200 valence electrons. The number of ether oxygens (including phenoxy) is 1.